The van der Waals surface area contributed by atoms with Gasteiger partial charge in [-0.3, -0.25) is 4.79 Å². The predicted molar refractivity (Wildman–Crippen MR) is 77.4 cm³/mol. The van der Waals surface area contributed by atoms with Gasteiger partial charge in [-0.25, -0.2) is 4.79 Å². The van der Waals surface area contributed by atoms with E-state index >= 15 is 0 Å². The topological polar surface area (TPSA) is 70.7 Å². The molecule has 1 saturated heterocycles. The van der Waals surface area contributed by atoms with Crippen molar-refractivity contribution in [2.24, 2.45) is 5.41 Å². The summed E-state index contributed by atoms with van der Waals surface area (Å²) < 4.78 is 5.29. The average molecular weight is 285 g/mol. The summed E-state index contributed by atoms with van der Waals surface area (Å²) in [6.07, 6.45) is -0.277. The molecule has 0 spiro atoms. The second-order valence-electron chi connectivity index (χ2n) is 6.93. The lowest BCUT2D eigenvalue weighted by Crippen LogP contribution is -2.62. The Morgan fingerprint density at radius 3 is 2.20 bits per heavy atom. The van der Waals surface area contributed by atoms with Crippen molar-refractivity contribution < 1.29 is 14.3 Å². The summed E-state index contributed by atoms with van der Waals surface area (Å²) in [4.78, 5) is 25.1. The van der Waals surface area contributed by atoms with Crippen molar-refractivity contribution in [3.05, 3.63) is 0 Å². The second kappa shape index (κ2) is 5.99. The Hall–Kier alpha value is -1.30. The third-order valence-electron chi connectivity index (χ3n) is 3.21. The Bertz CT molecular complexity index is 368. The fourth-order valence-electron chi connectivity index (χ4n) is 1.90. The van der Waals surface area contributed by atoms with E-state index in [0.717, 1.165) is 0 Å². The number of ether oxygens (including phenoxy) is 1. The van der Waals surface area contributed by atoms with Gasteiger partial charge in [0.15, 0.2) is 0 Å². The van der Waals surface area contributed by atoms with E-state index in [2.05, 4.69) is 10.6 Å². The second-order valence-corrected chi connectivity index (χ2v) is 6.93. The van der Waals surface area contributed by atoms with Crippen LogP contribution in [0, 0.1) is 5.41 Å². The van der Waals surface area contributed by atoms with E-state index in [0.29, 0.717) is 19.6 Å². The fourth-order valence-corrected chi connectivity index (χ4v) is 1.90. The van der Waals surface area contributed by atoms with Gasteiger partial charge in [0.2, 0.25) is 5.91 Å². The summed E-state index contributed by atoms with van der Waals surface area (Å²) in [7, 11) is 1.64. The highest BCUT2D eigenvalue weighted by Crippen LogP contribution is 2.18. The van der Waals surface area contributed by atoms with Crippen LogP contribution in [0.2, 0.25) is 0 Å². The Morgan fingerprint density at radius 2 is 1.75 bits per heavy atom. The molecule has 0 bridgehead atoms. The third kappa shape index (κ3) is 4.67. The molecular formula is C14H27N3O3. The summed E-state index contributed by atoms with van der Waals surface area (Å²) in [5.74, 6) is 0.00771. The lowest BCUT2D eigenvalue weighted by Gasteiger charge is -2.41. The van der Waals surface area contributed by atoms with Gasteiger partial charge < -0.3 is 20.3 Å². The van der Waals surface area contributed by atoms with Crippen LogP contribution in [0.25, 0.3) is 0 Å². The van der Waals surface area contributed by atoms with E-state index in [1.807, 2.05) is 34.6 Å². The standard InChI is InChI=1S/C14H27N3O3/c1-13(2,3)20-12(19)17-7-10(8-17)16-9-14(4,5)11(18)15-6/h10,16H,7-9H2,1-6H3,(H,15,18). The number of nitrogens with zero attached hydrogens (tertiary/aromatic N) is 1. The Labute approximate surface area is 121 Å². The summed E-state index contributed by atoms with van der Waals surface area (Å²) in [5.41, 5.74) is -0.919. The van der Waals surface area contributed by atoms with Crippen LogP contribution >= 0.6 is 0 Å². The molecule has 0 radical (unpaired) electrons. The number of carbonyl (C=O) groups is 2. The number of nitrogens with one attached hydrogen (secondary N) is 2. The first-order valence-corrected chi connectivity index (χ1v) is 6.98. The molecule has 1 heterocycles. The molecule has 1 aliphatic rings. The van der Waals surface area contributed by atoms with Gasteiger partial charge in [-0.15, -0.1) is 0 Å². The monoisotopic (exact) mass is 285 g/mol. The molecule has 0 atom stereocenters. The van der Waals surface area contributed by atoms with Crippen LogP contribution in [0.1, 0.15) is 34.6 Å². The third-order valence-corrected chi connectivity index (χ3v) is 3.21. The van der Waals surface area contributed by atoms with E-state index in [1.54, 1.807) is 11.9 Å². The van der Waals surface area contributed by atoms with Crippen molar-refractivity contribution in [3.8, 4) is 0 Å². The molecule has 0 aliphatic carbocycles. The van der Waals surface area contributed by atoms with Gasteiger partial charge in [0.05, 0.1) is 5.41 Å². The van der Waals surface area contributed by atoms with Crippen molar-refractivity contribution in [2.75, 3.05) is 26.7 Å². The quantitative estimate of drug-likeness (QED) is 0.807. The number of hydrogen-bond acceptors (Lipinski definition) is 4. The van der Waals surface area contributed by atoms with Crippen LogP contribution in [0.4, 0.5) is 4.79 Å². The van der Waals surface area contributed by atoms with Crippen LogP contribution in [-0.4, -0.2) is 55.2 Å². The van der Waals surface area contributed by atoms with Crippen LogP contribution in [0.3, 0.4) is 0 Å². The molecule has 0 aromatic rings. The van der Waals surface area contributed by atoms with Gasteiger partial charge in [0.25, 0.3) is 0 Å². The minimum atomic E-state index is -0.462. The lowest BCUT2D eigenvalue weighted by molar-refractivity contribution is -0.128. The first-order valence-electron chi connectivity index (χ1n) is 6.98. The first kappa shape index (κ1) is 16.8. The van der Waals surface area contributed by atoms with Gasteiger partial charge >= 0.3 is 6.09 Å². The smallest absolute Gasteiger partial charge is 0.410 e. The molecule has 0 saturated carbocycles. The highest BCUT2D eigenvalue weighted by Gasteiger charge is 2.35. The van der Waals surface area contributed by atoms with Crippen molar-refractivity contribution in [2.45, 2.75) is 46.3 Å². The molecule has 6 nitrogen and oxygen atoms in total. The molecular weight excluding hydrogens is 258 g/mol. The number of amides is 2. The van der Waals surface area contributed by atoms with Gasteiger partial charge in [-0.05, 0) is 34.6 Å². The lowest BCUT2D eigenvalue weighted by atomic mass is 9.91. The molecule has 1 aliphatic heterocycles. The first-order chi connectivity index (χ1) is 9.05. The van der Waals surface area contributed by atoms with Gasteiger partial charge in [0, 0.05) is 32.7 Å². The zero-order chi connectivity index (χ0) is 15.6. The normalized spacial score (nSPS) is 16.6. The van der Waals surface area contributed by atoms with E-state index in [-0.39, 0.29) is 18.0 Å². The van der Waals surface area contributed by atoms with Crippen molar-refractivity contribution >= 4 is 12.0 Å². The van der Waals surface area contributed by atoms with Crippen molar-refractivity contribution in [3.63, 3.8) is 0 Å². The maximum absolute atomic E-state index is 11.8. The largest absolute Gasteiger partial charge is 0.444 e. The van der Waals surface area contributed by atoms with Crippen LogP contribution in [-0.2, 0) is 9.53 Å². The molecule has 20 heavy (non-hydrogen) atoms. The molecule has 0 aromatic carbocycles. The minimum Gasteiger partial charge on any atom is -0.444 e. The van der Waals surface area contributed by atoms with Crippen LogP contribution in [0.15, 0.2) is 0 Å². The maximum atomic E-state index is 11.8. The number of likely N-dealkylation sites (tertiary alicyclic amines) is 1. The van der Waals surface area contributed by atoms with Crippen molar-refractivity contribution in [1.82, 2.24) is 15.5 Å². The molecule has 1 fully saturated rings. The zero-order valence-electron chi connectivity index (χ0n) is 13.4. The Kier molecular flexibility index (Phi) is 5.02. The molecule has 2 N–H and O–H groups in total. The van der Waals surface area contributed by atoms with Gasteiger partial charge in [-0.2, -0.15) is 0 Å². The SMILES string of the molecule is CNC(=O)C(C)(C)CNC1CN(C(=O)OC(C)(C)C)C1. The van der Waals surface area contributed by atoms with Gasteiger partial charge in [-0.1, -0.05) is 0 Å². The van der Waals surface area contributed by atoms with Crippen LogP contribution < -0.4 is 10.6 Å². The Morgan fingerprint density at radius 1 is 1.20 bits per heavy atom. The molecule has 6 heteroatoms. The molecule has 2 amide bonds. The minimum absolute atomic E-state index is 0.00771. The maximum Gasteiger partial charge on any atom is 0.410 e. The average Bonchev–Trinajstić information content (AvgIpc) is 2.22. The van der Waals surface area contributed by atoms with Crippen LogP contribution in [0.5, 0.6) is 0 Å². The summed E-state index contributed by atoms with van der Waals surface area (Å²) in [6, 6.07) is 0.228. The number of rotatable bonds is 4. The van der Waals surface area contributed by atoms with E-state index < -0.39 is 11.0 Å². The molecule has 0 aromatic heterocycles. The van der Waals surface area contributed by atoms with E-state index in [9.17, 15) is 9.59 Å². The van der Waals surface area contributed by atoms with E-state index in [4.69, 9.17) is 4.74 Å². The zero-order valence-corrected chi connectivity index (χ0v) is 13.4. The number of hydrogen-bond donors (Lipinski definition) is 2. The van der Waals surface area contributed by atoms with Crippen molar-refractivity contribution in [1.29, 1.82) is 0 Å². The summed E-state index contributed by atoms with van der Waals surface area (Å²) >= 11 is 0. The summed E-state index contributed by atoms with van der Waals surface area (Å²) in [5, 5.41) is 5.97. The van der Waals surface area contributed by atoms with E-state index in [1.165, 1.54) is 0 Å². The fraction of sp³-hybridized carbons (Fsp3) is 0.857. The predicted octanol–water partition coefficient (Wildman–Crippen LogP) is 0.967. The highest BCUT2D eigenvalue weighted by atomic mass is 16.6. The molecule has 0 unspecified atom stereocenters. The van der Waals surface area contributed by atoms with Gasteiger partial charge in [0.1, 0.15) is 5.60 Å². The highest BCUT2D eigenvalue weighted by molar-refractivity contribution is 5.81. The Balaban J connectivity index is 2.29. The summed E-state index contributed by atoms with van der Waals surface area (Å²) in [6.45, 7) is 11.2. The molecule has 1 rings (SSSR count). The number of carbonyl (C=O) groups excluding carboxylic acids is 2. The molecule has 116 valence electrons.